The Morgan fingerprint density at radius 2 is 2.30 bits per heavy atom. The van der Waals surface area contributed by atoms with Gasteiger partial charge in [0.05, 0.1) is 23.6 Å². The molecule has 1 aromatic heterocycles. The second-order valence-corrected chi connectivity index (χ2v) is 7.36. The number of hydrogen-bond donors (Lipinski definition) is 2. The molecular formula is C12H19N3O4S. The van der Waals surface area contributed by atoms with Gasteiger partial charge in [0.2, 0.25) is 0 Å². The minimum absolute atomic E-state index is 0.00260. The highest BCUT2D eigenvalue weighted by atomic mass is 32.2. The van der Waals surface area contributed by atoms with Gasteiger partial charge in [0.15, 0.2) is 9.84 Å². The Labute approximate surface area is 118 Å². The number of nitrogen functional groups attached to an aromatic ring is 1. The van der Waals surface area contributed by atoms with Crippen molar-refractivity contribution in [2.24, 2.45) is 5.84 Å². The predicted molar refractivity (Wildman–Crippen MR) is 73.6 cm³/mol. The van der Waals surface area contributed by atoms with Gasteiger partial charge in [-0.1, -0.05) is 0 Å². The first kappa shape index (κ1) is 15.0. The van der Waals surface area contributed by atoms with Crippen molar-refractivity contribution >= 4 is 15.7 Å². The summed E-state index contributed by atoms with van der Waals surface area (Å²) >= 11 is 0. The number of nitrogens with zero attached hydrogens (tertiary/aromatic N) is 1. The number of carbonyl (C=O) groups excluding carboxylic acids is 1. The summed E-state index contributed by atoms with van der Waals surface area (Å²) in [5, 5.41) is 0. The Bertz CT molecular complexity index is 608. The Kier molecular flexibility index (Phi) is 4.17. The van der Waals surface area contributed by atoms with Crippen molar-refractivity contribution < 1.29 is 17.6 Å². The summed E-state index contributed by atoms with van der Waals surface area (Å²) in [6, 6.07) is 1.63. The Balaban J connectivity index is 2.05. The van der Waals surface area contributed by atoms with Crippen molar-refractivity contribution in [2.45, 2.75) is 25.9 Å². The molecule has 1 fully saturated rings. The lowest BCUT2D eigenvalue weighted by atomic mass is 10.2. The second-order valence-electron chi connectivity index (χ2n) is 5.13. The third-order valence-electron chi connectivity index (χ3n) is 3.58. The molecule has 0 bridgehead atoms. The Morgan fingerprint density at radius 3 is 2.85 bits per heavy atom. The van der Waals surface area contributed by atoms with Gasteiger partial charge in [0.1, 0.15) is 11.5 Å². The molecule has 1 amide bonds. The standard InChI is InChI=1S/C12H19N3O4S/c1-8-11(12(16)14-13)5-10(19-8)6-15(2)9-3-4-20(17,18)7-9/h5,9H,3-4,6-7,13H2,1-2H3,(H,14,16). The number of rotatable bonds is 4. The van der Waals surface area contributed by atoms with Gasteiger partial charge in [-0.25, -0.2) is 14.3 Å². The van der Waals surface area contributed by atoms with E-state index in [1.165, 1.54) is 0 Å². The molecule has 0 saturated carbocycles. The fraction of sp³-hybridized carbons (Fsp3) is 0.583. The molecule has 1 atom stereocenters. The third kappa shape index (κ3) is 3.20. The first-order valence-electron chi connectivity index (χ1n) is 6.33. The van der Waals surface area contributed by atoms with Crippen LogP contribution >= 0.6 is 0 Å². The van der Waals surface area contributed by atoms with E-state index in [1.807, 2.05) is 11.9 Å². The summed E-state index contributed by atoms with van der Waals surface area (Å²) in [6.07, 6.45) is 0.634. The molecule has 1 aliphatic rings. The summed E-state index contributed by atoms with van der Waals surface area (Å²) in [5.41, 5.74) is 2.46. The van der Waals surface area contributed by atoms with E-state index in [0.717, 1.165) is 0 Å². The molecule has 1 aromatic rings. The number of sulfone groups is 1. The lowest BCUT2D eigenvalue weighted by Gasteiger charge is -2.21. The molecule has 0 spiro atoms. The largest absolute Gasteiger partial charge is 0.464 e. The maximum absolute atomic E-state index is 11.5. The number of hydrogen-bond acceptors (Lipinski definition) is 6. The molecule has 2 rings (SSSR count). The zero-order valence-electron chi connectivity index (χ0n) is 11.5. The number of carbonyl (C=O) groups is 1. The van der Waals surface area contributed by atoms with E-state index in [-0.39, 0.29) is 17.5 Å². The van der Waals surface area contributed by atoms with E-state index < -0.39 is 15.7 Å². The van der Waals surface area contributed by atoms with Crippen LogP contribution in [-0.4, -0.2) is 43.8 Å². The van der Waals surface area contributed by atoms with Gasteiger partial charge in [-0.3, -0.25) is 15.1 Å². The Morgan fingerprint density at radius 1 is 1.60 bits per heavy atom. The number of nitrogens with two attached hydrogens (primary N) is 1. The van der Waals surface area contributed by atoms with Crippen LogP contribution < -0.4 is 11.3 Å². The lowest BCUT2D eigenvalue weighted by molar-refractivity contribution is 0.0952. The summed E-state index contributed by atoms with van der Waals surface area (Å²) in [6.45, 7) is 2.15. The van der Waals surface area contributed by atoms with E-state index >= 15 is 0 Å². The normalized spacial score (nSPS) is 21.3. The number of hydrazine groups is 1. The van der Waals surface area contributed by atoms with Crippen LogP contribution in [0.2, 0.25) is 0 Å². The summed E-state index contributed by atoms with van der Waals surface area (Å²) in [7, 11) is -1.05. The molecule has 8 heteroatoms. The molecule has 1 unspecified atom stereocenters. The molecule has 1 aliphatic heterocycles. The molecular weight excluding hydrogens is 282 g/mol. The maximum Gasteiger partial charge on any atom is 0.268 e. The van der Waals surface area contributed by atoms with Crippen molar-refractivity contribution in [1.82, 2.24) is 10.3 Å². The van der Waals surface area contributed by atoms with Crippen molar-refractivity contribution in [2.75, 3.05) is 18.6 Å². The maximum atomic E-state index is 11.5. The average Bonchev–Trinajstić information content (AvgIpc) is 2.91. The minimum Gasteiger partial charge on any atom is -0.464 e. The molecule has 2 heterocycles. The molecule has 20 heavy (non-hydrogen) atoms. The summed E-state index contributed by atoms with van der Waals surface area (Å²) in [4.78, 5) is 13.4. The van der Waals surface area contributed by atoms with Gasteiger partial charge in [-0.15, -0.1) is 0 Å². The first-order valence-corrected chi connectivity index (χ1v) is 8.15. The highest BCUT2D eigenvalue weighted by molar-refractivity contribution is 7.91. The fourth-order valence-electron chi connectivity index (χ4n) is 2.42. The second kappa shape index (κ2) is 5.55. The highest BCUT2D eigenvalue weighted by Gasteiger charge is 2.31. The van der Waals surface area contributed by atoms with Crippen LogP contribution in [0.25, 0.3) is 0 Å². The topological polar surface area (TPSA) is 106 Å². The first-order chi connectivity index (χ1) is 9.32. The zero-order chi connectivity index (χ0) is 14.9. The van der Waals surface area contributed by atoms with Gasteiger partial charge < -0.3 is 4.42 Å². The van der Waals surface area contributed by atoms with Crippen LogP contribution in [0.4, 0.5) is 0 Å². The number of nitrogens with one attached hydrogen (secondary N) is 1. The van der Waals surface area contributed by atoms with Crippen molar-refractivity contribution in [3.05, 3.63) is 23.2 Å². The van der Waals surface area contributed by atoms with Crippen molar-refractivity contribution in [1.29, 1.82) is 0 Å². The van der Waals surface area contributed by atoms with Crippen LogP contribution in [0, 0.1) is 6.92 Å². The Hall–Kier alpha value is -1.38. The summed E-state index contributed by atoms with van der Waals surface area (Å²) in [5.74, 6) is 6.23. The van der Waals surface area contributed by atoms with E-state index in [2.05, 4.69) is 5.43 Å². The molecule has 0 aliphatic carbocycles. The van der Waals surface area contributed by atoms with Crippen molar-refractivity contribution in [3.8, 4) is 0 Å². The number of furan rings is 1. The van der Waals surface area contributed by atoms with E-state index in [1.54, 1.807) is 13.0 Å². The molecule has 0 radical (unpaired) electrons. The molecule has 0 aromatic carbocycles. The minimum atomic E-state index is -2.91. The quantitative estimate of drug-likeness (QED) is 0.454. The van der Waals surface area contributed by atoms with Crippen LogP contribution in [0.5, 0.6) is 0 Å². The molecule has 112 valence electrons. The van der Waals surface area contributed by atoms with E-state index in [0.29, 0.717) is 30.0 Å². The van der Waals surface area contributed by atoms with Gasteiger partial charge in [0.25, 0.3) is 5.91 Å². The smallest absolute Gasteiger partial charge is 0.268 e. The molecule has 7 nitrogen and oxygen atoms in total. The highest BCUT2D eigenvalue weighted by Crippen LogP contribution is 2.21. The van der Waals surface area contributed by atoms with Gasteiger partial charge in [-0.05, 0) is 26.5 Å². The molecule has 3 N–H and O–H groups in total. The average molecular weight is 301 g/mol. The van der Waals surface area contributed by atoms with Gasteiger partial charge >= 0.3 is 0 Å². The lowest BCUT2D eigenvalue weighted by Crippen LogP contribution is -2.32. The summed E-state index contributed by atoms with van der Waals surface area (Å²) < 4.78 is 28.4. The van der Waals surface area contributed by atoms with Crippen LogP contribution in [0.3, 0.4) is 0 Å². The monoisotopic (exact) mass is 301 g/mol. The van der Waals surface area contributed by atoms with Gasteiger partial charge in [0, 0.05) is 6.04 Å². The van der Waals surface area contributed by atoms with E-state index in [9.17, 15) is 13.2 Å². The zero-order valence-corrected chi connectivity index (χ0v) is 12.4. The SMILES string of the molecule is Cc1oc(CN(C)C2CCS(=O)(=O)C2)cc1C(=O)NN. The molecule has 1 saturated heterocycles. The number of amides is 1. The van der Waals surface area contributed by atoms with Gasteiger partial charge in [-0.2, -0.15) is 0 Å². The van der Waals surface area contributed by atoms with Crippen molar-refractivity contribution in [3.63, 3.8) is 0 Å². The fourth-order valence-corrected chi connectivity index (χ4v) is 4.23. The van der Waals surface area contributed by atoms with Crippen LogP contribution in [-0.2, 0) is 16.4 Å². The van der Waals surface area contributed by atoms with E-state index in [4.69, 9.17) is 10.3 Å². The number of aryl methyl sites for hydroxylation is 1. The van der Waals surface area contributed by atoms with Crippen LogP contribution in [0.1, 0.15) is 28.3 Å². The third-order valence-corrected chi connectivity index (χ3v) is 5.33. The van der Waals surface area contributed by atoms with Crippen LogP contribution in [0.15, 0.2) is 10.5 Å². The predicted octanol–water partition coefficient (Wildman–Crippen LogP) is -0.190.